The van der Waals surface area contributed by atoms with Crippen molar-refractivity contribution in [1.29, 1.82) is 0 Å². The Hall–Kier alpha value is -2.29. The van der Waals surface area contributed by atoms with Crippen LogP contribution in [-0.2, 0) is 4.79 Å². The van der Waals surface area contributed by atoms with E-state index in [0.717, 1.165) is 23.3 Å². The van der Waals surface area contributed by atoms with Crippen LogP contribution >= 0.6 is 0 Å². The molecule has 3 nitrogen and oxygen atoms in total. The zero-order valence-corrected chi connectivity index (χ0v) is 15.7. The summed E-state index contributed by atoms with van der Waals surface area (Å²) in [4.78, 5) is 12.4. The summed E-state index contributed by atoms with van der Waals surface area (Å²) in [6, 6.07) is 18.0. The van der Waals surface area contributed by atoms with Gasteiger partial charge in [0.05, 0.1) is 6.04 Å². The molecule has 0 aliphatic heterocycles. The predicted octanol–water partition coefficient (Wildman–Crippen LogP) is 5.09. The normalized spacial score (nSPS) is 12.2. The highest BCUT2D eigenvalue weighted by molar-refractivity contribution is 5.78. The smallest absolute Gasteiger partial charge is 0.258 e. The molecule has 0 aromatic heterocycles. The highest BCUT2D eigenvalue weighted by Gasteiger charge is 2.17. The average molecular weight is 339 g/mol. The van der Waals surface area contributed by atoms with Crippen molar-refractivity contribution >= 4 is 5.91 Å². The fraction of sp³-hybridized carbons (Fsp3) is 0.409. The summed E-state index contributed by atoms with van der Waals surface area (Å²) >= 11 is 0. The second kappa shape index (κ2) is 9.26. The zero-order chi connectivity index (χ0) is 18.2. The lowest BCUT2D eigenvalue weighted by molar-refractivity contribution is -0.124. The van der Waals surface area contributed by atoms with Crippen LogP contribution in [0, 0.1) is 5.92 Å². The molecule has 1 amide bonds. The molecule has 0 fully saturated rings. The van der Waals surface area contributed by atoms with E-state index in [4.69, 9.17) is 4.74 Å². The number of para-hydroxylation sites is 1. The van der Waals surface area contributed by atoms with Crippen LogP contribution in [0.15, 0.2) is 54.6 Å². The van der Waals surface area contributed by atoms with E-state index in [0.29, 0.717) is 11.8 Å². The lowest BCUT2D eigenvalue weighted by Gasteiger charge is -2.21. The van der Waals surface area contributed by atoms with Crippen molar-refractivity contribution in [3.63, 3.8) is 0 Å². The van der Waals surface area contributed by atoms with Crippen molar-refractivity contribution < 1.29 is 9.53 Å². The summed E-state index contributed by atoms with van der Waals surface area (Å²) in [7, 11) is 0. The number of carbonyl (C=O) groups is 1. The van der Waals surface area contributed by atoms with E-state index in [1.54, 1.807) is 0 Å². The number of benzene rings is 2. The molecule has 0 saturated carbocycles. The van der Waals surface area contributed by atoms with Gasteiger partial charge in [-0.05, 0) is 35.4 Å². The van der Waals surface area contributed by atoms with Gasteiger partial charge in [-0.15, -0.1) is 0 Å². The zero-order valence-electron chi connectivity index (χ0n) is 15.7. The number of hydrogen-bond acceptors (Lipinski definition) is 2. The monoisotopic (exact) mass is 339 g/mol. The second-order valence-corrected chi connectivity index (χ2v) is 7.14. The number of ether oxygens (including phenoxy) is 1. The minimum Gasteiger partial charge on any atom is -0.483 e. The Morgan fingerprint density at radius 1 is 0.960 bits per heavy atom. The Morgan fingerprint density at radius 3 is 2.24 bits per heavy atom. The Labute approximate surface area is 151 Å². The maximum atomic E-state index is 12.4. The fourth-order valence-electron chi connectivity index (χ4n) is 2.90. The Morgan fingerprint density at radius 2 is 1.60 bits per heavy atom. The minimum absolute atomic E-state index is 0.0117. The molecule has 25 heavy (non-hydrogen) atoms. The Bertz CT molecular complexity index is 665. The predicted molar refractivity (Wildman–Crippen MR) is 103 cm³/mol. The van der Waals surface area contributed by atoms with E-state index in [2.05, 4.69) is 45.1 Å². The van der Waals surface area contributed by atoms with Gasteiger partial charge in [-0.25, -0.2) is 0 Å². The van der Waals surface area contributed by atoms with E-state index < -0.39 is 0 Å². The molecule has 0 bridgehead atoms. The quantitative estimate of drug-likeness (QED) is 0.727. The van der Waals surface area contributed by atoms with E-state index in [1.165, 1.54) is 0 Å². The van der Waals surface area contributed by atoms with Crippen molar-refractivity contribution in [3.05, 3.63) is 65.7 Å². The molecule has 2 rings (SSSR count). The summed E-state index contributed by atoms with van der Waals surface area (Å²) in [5.41, 5.74) is 2.25. The first-order valence-corrected chi connectivity index (χ1v) is 9.03. The summed E-state index contributed by atoms with van der Waals surface area (Å²) in [5, 5.41) is 3.12. The molecule has 1 atom stereocenters. The van der Waals surface area contributed by atoms with Gasteiger partial charge in [-0.1, -0.05) is 76.2 Å². The van der Waals surface area contributed by atoms with Crippen molar-refractivity contribution in [2.24, 2.45) is 5.92 Å². The van der Waals surface area contributed by atoms with Crippen LogP contribution in [0.1, 0.15) is 57.2 Å². The molecule has 0 aliphatic carbocycles. The molecule has 3 heteroatoms. The first kappa shape index (κ1) is 19.0. The highest BCUT2D eigenvalue weighted by Crippen LogP contribution is 2.26. The number of hydrogen-bond donors (Lipinski definition) is 1. The molecule has 0 aliphatic rings. The van der Waals surface area contributed by atoms with Crippen molar-refractivity contribution in [2.75, 3.05) is 6.61 Å². The van der Waals surface area contributed by atoms with Crippen molar-refractivity contribution in [1.82, 2.24) is 5.32 Å². The van der Waals surface area contributed by atoms with Gasteiger partial charge in [0.2, 0.25) is 0 Å². The van der Waals surface area contributed by atoms with E-state index in [-0.39, 0.29) is 18.6 Å². The first-order chi connectivity index (χ1) is 12.0. The van der Waals surface area contributed by atoms with Crippen molar-refractivity contribution in [2.45, 2.75) is 46.1 Å². The number of carbonyl (C=O) groups excluding carboxylic acids is 1. The molecule has 134 valence electrons. The topological polar surface area (TPSA) is 38.3 Å². The summed E-state index contributed by atoms with van der Waals surface area (Å²) < 4.78 is 5.79. The number of rotatable bonds is 8. The lowest BCUT2D eigenvalue weighted by Crippen LogP contribution is -2.33. The van der Waals surface area contributed by atoms with Crippen LogP contribution in [0.2, 0.25) is 0 Å². The molecule has 0 unspecified atom stereocenters. The Kier molecular flexibility index (Phi) is 7.05. The molecule has 0 spiro atoms. The van der Waals surface area contributed by atoms with Crippen LogP contribution in [0.5, 0.6) is 5.75 Å². The molecular weight excluding hydrogens is 310 g/mol. The maximum Gasteiger partial charge on any atom is 0.258 e. The van der Waals surface area contributed by atoms with Gasteiger partial charge >= 0.3 is 0 Å². The van der Waals surface area contributed by atoms with Crippen LogP contribution in [-0.4, -0.2) is 12.5 Å². The maximum absolute atomic E-state index is 12.4. The molecule has 0 saturated heterocycles. The molecule has 2 aromatic rings. The molecule has 1 N–H and O–H groups in total. The van der Waals surface area contributed by atoms with E-state index >= 15 is 0 Å². The largest absolute Gasteiger partial charge is 0.483 e. The SMILES string of the molecule is CC(C)C[C@H](NC(=O)COc1ccccc1C(C)C)c1ccccc1. The average Bonchev–Trinajstić information content (AvgIpc) is 2.60. The first-order valence-electron chi connectivity index (χ1n) is 9.03. The van der Waals surface area contributed by atoms with Gasteiger partial charge in [0, 0.05) is 0 Å². The Balaban J connectivity index is 2.00. The number of amides is 1. The van der Waals surface area contributed by atoms with Crippen LogP contribution < -0.4 is 10.1 Å². The van der Waals surface area contributed by atoms with Crippen LogP contribution in [0.3, 0.4) is 0 Å². The van der Waals surface area contributed by atoms with Crippen LogP contribution in [0.4, 0.5) is 0 Å². The third-order valence-electron chi connectivity index (χ3n) is 4.14. The fourth-order valence-corrected chi connectivity index (χ4v) is 2.90. The molecule has 2 aromatic carbocycles. The summed E-state index contributed by atoms with van der Waals surface area (Å²) in [6.45, 7) is 8.60. The highest BCUT2D eigenvalue weighted by atomic mass is 16.5. The molecule has 0 radical (unpaired) electrons. The summed E-state index contributed by atoms with van der Waals surface area (Å²) in [5.74, 6) is 1.55. The van der Waals surface area contributed by atoms with Gasteiger partial charge in [0.25, 0.3) is 5.91 Å². The van der Waals surface area contributed by atoms with Gasteiger partial charge in [-0.2, -0.15) is 0 Å². The van der Waals surface area contributed by atoms with E-state index in [1.807, 2.05) is 42.5 Å². The third kappa shape index (κ3) is 5.93. The molecule has 0 heterocycles. The lowest BCUT2D eigenvalue weighted by atomic mass is 9.97. The van der Waals surface area contributed by atoms with Gasteiger partial charge in [-0.3, -0.25) is 4.79 Å². The van der Waals surface area contributed by atoms with Gasteiger partial charge in [0.15, 0.2) is 6.61 Å². The van der Waals surface area contributed by atoms with Crippen LogP contribution in [0.25, 0.3) is 0 Å². The standard InChI is InChI=1S/C22H29NO2/c1-16(2)14-20(18-10-6-5-7-11-18)23-22(24)15-25-21-13-9-8-12-19(21)17(3)4/h5-13,16-17,20H,14-15H2,1-4H3,(H,23,24)/t20-/m0/s1. The summed E-state index contributed by atoms with van der Waals surface area (Å²) in [6.07, 6.45) is 0.901. The van der Waals surface area contributed by atoms with Gasteiger partial charge < -0.3 is 10.1 Å². The molecular formula is C22H29NO2. The van der Waals surface area contributed by atoms with Gasteiger partial charge in [0.1, 0.15) is 5.75 Å². The van der Waals surface area contributed by atoms with E-state index in [9.17, 15) is 4.79 Å². The minimum atomic E-state index is -0.0898. The number of nitrogens with one attached hydrogen (secondary N) is 1. The third-order valence-corrected chi connectivity index (χ3v) is 4.14. The second-order valence-electron chi connectivity index (χ2n) is 7.14. The van der Waals surface area contributed by atoms with Crippen molar-refractivity contribution in [3.8, 4) is 5.75 Å².